The van der Waals surface area contributed by atoms with Crippen LogP contribution in [0.25, 0.3) is 0 Å². The Labute approximate surface area is 125 Å². The minimum atomic E-state index is -0.366. The Hall–Kier alpha value is -2.04. The molecule has 0 fully saturated rings. The van der Waals surface area contributed by atoms with Gasteiger partial charge in [-0.3, -0.25) is 9.59 Å². The molecule has 0 bridgehead atoms. The van der Waals surface area contributed by atoms with E-state index in [0.29, 0.717) is 12.3 Å². The Morgan fingerprint density at radius 3 is 2.48 bits per heavy atom. The molecule has 0 heterocycles. The number of esters is 1. The molecule has 0 aliphatic heterocycles. The van der Waals surface area contributed by atoms with Crippen LogP contribution >= 0.6 is 0 Å². The van der Waals surface area contributed by atoms with E-state index in [0.717, 1.165) is 5.56 Å². The maximum atomic E-state index is 11.7. The Morgan fingerprint density at radius 1 is 1.19 bits per heavy atom. The van der Waals surface area contributed by atoms with Gasteiger partial charge in [0.15, 0.2) is 6.61 Å². The Morgan fingerprint density at radius 2 is 1.86 bits per heavy atom. The number of amides is 1. The normalized spacial score (nSPS) is 10.9. The van der Waals surface area contributed by atoms with Crippen LogP contribution in [-0.4, -0.2) is 25.6 Å². The van der Waals surface area contributed by atoms with Crippen molar-refractivity contribution in [2.45, 2.75) is 33.7 Å². The highest BCUT2D eigenvalue weighted by Crippen LogP contribution is 2.19. The molecule has 0 aliphatic rings. The first-order valence-electron chi connectivity index (χ1n) is 6.86. The number of nitrogens with one attached hydrogen (secondary N) is 1. The molecule has 1 aromatic rings. The molecule has 0 radical (unpaired) electrons. The van der Waals surface area contributed by atoms with E-state index in [1.807, 2.05) is 45.0 Å². The van der Waals surface area contributed by atoms with Crippen molar-refractivity contribution in [3.8, 4) is 5.75 Å². The maximum absolute atomic E-state index is 11.7. The molecule has 5 nitrogen and oxygen atoms in total. The lowest BCUT2D eigenvalue weighted by atomic mass is 9.93. The molecule has 0 saturated heterocycles. The van der Waals surface area contributed by atoms with Crippen LogP contribution in [0.5, 0.6) is 5.75 Å². The molecular formula is C16H23NO4. The lowest BCUT2D eigenvalue weighted by Gasteiger charge is -2.16. The van der Waals surface area contributed by atoms with E-state index in [1.165, 1.54) is 0 Å². The fraction of sp³-hybridized carbons (Fsp3) is 0.500. The first-order chi connectivity index (χ1) is 9.81. The van der Waals surface area contributed by atoms with Crippen LogP contribution in [0.1, 0.15) is 32.8 Å². The monoisotopic (exact) mass is 293 g/mol. The number of ether oxygens (including phenoxy) is 2. The number of methoxy groups -OCH3 is 1. The van der Waals surface area contributed by atoms with Crippen LogP contribution in [0.3, 0.4) is 0 Å². The third-order valence-electron chi connectivity index (χ3n) is 2.71. The summed E-state index contributed by atoms with van der Waals surface area (Å²) in [5, 5.41) is 2.70. The minimum Gasteiger partial charge on any atom is -0.496 e. The number of para-hydroxylation sites is 1. The highest BCUT2D eigenvalue weighted by Gasteiger charge is 2.17. The largest absolute Gasteiger partial charge is 0.496 e. The van der Waals surface area contributed by atoms with Crippen LogP contribution in [0, 0.1) is 5.41 Å². The molecule has 1 amide bonds. The number of carbonyl (C=O) groups excluding carboxylic acids is 2. The minimum absolute atomic E-state index is 0.148. The molecule has 0 aromatic heterocycles. The van der Waals surface area contributed by atoms with Crippen molar-refractivity contribution >= 4 is 11.9 Å². The quantitative estimate of drug-likeness (QED) is 0.817. The average Bonchev–Trinajstić information content (AvgIpc) is 2.41. The Balaban J connectivity index is 2.36. The molecule has 5 heteroatoms. The summed E-state index contributed by atoms with van der Waals surface area (Å²) in [4.78, 5) is 23.2. The topological polar surface area (TPSA) is 64.6 Å². The van der Waals surface area contributed by atoms with Gasteiger partial charge in [-0.25, -0.2) is 0 Å². The zero-order chi connectivity index (χ0) is 15.9. The second kappa shape index (κ2) is 7.67. The van der Waals surface area contributed by atoms with Crippen LogP contribution in [0.2, 0.25) is 0 Å². The summed E-state index contributed by atoms with van der Waals surface area (Å²) in [6, 6.07) is 7.42. The van der Waals surface area contributed by atoms with E-state index in [1.54, 1.807) is 7.11 Å². The van der Waals surface area contributed by atoms with Crippen molar-refractivity contribution in [1.82, 2.24) is 5.32 Å². The molecule has 116 valence electrons. The fourth-order valence-corrected chi connectivity index (χ4v) is 1.72. The third-order valence-corrected chi connectivity index (χ3v) is 2.71. The summed E-state index contributed by atoms with van der Waals surface area (Å²) >= 11 is 0. The third kappa shape index (κ3) is 6.79. The summed E-state index contributed by atoms with van der Waals surface area (Å²) in [6.07, 6.45) is 0.285. The molecule has 0 atom stereocenters. The lowest BCUT2D eigenvalue weighted by Crippen LogP contribution is -2.29. The van der Waals surface area contributed by atoms with Gasteiger partial charge in [0, 0.05) is 12.1 Å². The van der Waals surface area contributed by atoms with Crippen LogP contribution in [-0.2, 0) is 20.9 Å². The van der Waals surface area contributed by atoms with Crippen molar-refractivity contribution in [1.29, 1.82) is 0 Å². The highest BCUT2D eigenvalue weighted by atomic mass is 16.5. The molecule has 1 rings (SSSR count). The number of rotatable bonds is 6. The summed E-state index contributed by atoms with van der Waals surface area (Å²) in [5.74, 6) is 0.0145. The van der Waals surface area contributed by atoms with Gasteiger partial charge < -0.3 is 14.8 Å². The smallest absolute Gasteiger partial charge is 0.306 e. The van der Waals surface area contributed by atoms with Gasteiger partial charge in [-0.05, 0) is 11.5 Å². The predicted molar refractivity (Wildman–Crippen MR) is 79.9 cm³/mol. The van der Waals surface area contributed by atoms with Gasteiger partial charge in [-0.2, -0.15) is 0 Å². The standard InChI is InChI=1S/C16H23NO4/c1-16(2,3)9-15(19)21-11-14(18)17-10-12-7-5-6-8-13(12)20-4/h5-8H,9-11H2,1-4H3,(H,17,18). The SMILES string of the molecule is COc1ccccc1CNC(=O)COC(=O)CC(C)(C)C. The van der Waals surface area contributed by atoms with Gasteiger partial charge in [0.2, 0.25) is 0 Å². The molecule has 0 unspecified atom stereocenters. The molecule has 0 aliphatic carbocycles. The molecule has 1 aromatic carbocycles. The van der Waals surface area contributed by atoms with E-state index in [9.17, 15) is 9.59 Å². The van der Waals surface area contributed by atoms with Crippen molar-refractivity contribution in [2.75, 3.05) is 13.7 Å². The van der Waals surface area contributed by atoms with Gasteiger partial charge in [0.1, 0.15) is 5.75 Å². The molecule has 1 N–H and O–H groups in total. The van der Waals surface area contributed by atoms with Crippen molar-refractivity contribution < 1.29 is 19.1 Å². The highest BCUT2D eigenvalue weighted by molar-refractivity contribution is 5.80. The van der Waals surface area contributed by atoms with E-state index >= 15 is 0 Å². The summed E-state index contributed by atoms with van der Waals surface area (Å²) in [5.41, 5.74) is 0.722. The average molecular weight is 293 g/mol. The molecule has 0 spiro atoms. The maximum Gasteiger partial charge on any atom is 0.306 e. The second-order valence-electron chi connectivity index (χ2n) is 5.99. The fourth-order valence-electron chi connectivity index (χ4n) is 1.72. The number of hydrogen-bond acceptors (Lipinski definition) is 4. The van der Waals surface area contributed by atoms with Gasteiger partial charge in [-0.15, -0.1) is 0 Å². The summed E-state index contributed by atoms with van der Waals surface area (Å²) in [7, 11) is 1.58. The Bertz CT molecular complexity index is 491. The van der Waals surface area contributed by atoms with Gasteiger partial charge >= 0.3 is 5.97 Å². The van der Waals surface area contributed by atoms with Crippen LogP contribution < -0.4 is 10.1 Å². The second-order valence-corrected chi connectivity index (χ2v) is 5.99. The van der Waals surface area contributed by atoms with E-state index in [2.05, 4.69) is 5.32 Å². The van der Waals surface area contributed by atoms with E-state index in [4.69, 9.17) is 9.47 Å². The molecular weight excluding hydrogens is 270 g/mol. The van der Waals surface area contributed by atoms with Gasteiger partial charge in [0.25, 0.3) is 5.91 Å². The van der Waals surface area contributed by atoms with E-state index < -0.39 is 0 Å². The Kier molecular flexibility index (Phi) is 6.21. The first kappa shape index (κ1) is 17.0. The first-order valence-corrected chi connectivity index (χ1v) is 6.86. The van der Waals surface area contributed by atoms with E-state index in [-0.39, 0.29) is 30.3 Å². The summed E-state index contributed by atoms with van der Waals surface area (Å²) in [6.45, 7) is 5.89. The van der Waals surface area contributed by atoms with Crippen LogP contribution in [0.15, 0.2) is 24.3 Å². The van der Waals surface area contributed by atoms with Crippen LogP contribution in [0.4, 0.5) is 0 Å². The molecule has 21 heavy (non-hydrogen) atoms. The van der Waals surface area contributed by atoms with Crippen molar-refractivity contribution in [2.24, 2.45) is 5.41 Å². The van der Waals surface area contributed by atoms with Crippen molar-refractivity contribution in [3.63, 3.8) is 0 Å². The predicted octanol–water partition coefficient (Wildman–Crippen LogP) is 2.29. The number of hydrogen-bond donors (Lipinski definition) is 1. The van der Waals surface area contributed by atoms with Gasteiger partial charge in [-0.1, -0.05) is 39.0 Å². The molecule has 0 saturated carbocycles. The zero-order valence-corrected chi connectivity index (χ0v) is 13.1. The summed E-state index contributed by atoms with van der Waals surface area (Å²) < 4.78 is 10.1. The number of carbonyl (C=O) groups is 2. The van der Waals surface area contributed by atoms with Crippen molar-refractivity contribution in [3.05, 3.63) is 29.8 Å². The number of benzene rings is 1. The van der Waals surface area contributed by atoms with Gasteiger partial charge in [0.05, 0.1) is 13.5 Å². The zero-order valence-electron chi connectivity index (χ0n) is 13.1. The lowest BCUT2D eigenvalue weighted by molar-refractivity contribution is -0.150.